The highest BCUT2D eigenvalue weighted by Gasteiger charge is 2.17. The molecule has 0 radical (unpaired) electrons. The number of nitrogens with one attached hydrogen (secondary N) is 1. The number of benzene rings is 3. The Morgan fingerprint density at radius 2 is 1.81 bits per heavy atom. The first-order valence-corrected chi connectivity index (χ1v) is 11.8. The van der Waals surface area contributed by atoms with Crippen molar-refractivity contribution in [1.29, 1.82) is 0 Å². The normalized spacial score (nSPS) is 11.0. The Balaban J connectivity index is 1.59. The molecule has 1 amide bonds. The number of ether oxygens (including phenoxy) is 1. The van der Waals surface area contributed by atoms with Crippen LogP contribution in [0.15, 0.2) is 66.4 Å². The number of hydrogen-bond acceptors (Lipinski definition) is 4. The zero-order valence-electron chi connectivity index (χ0n) is 16.6. The number of anilines is 1. The molecule has 158 valence electrons. The number of carbonyl (C=O) groups excluding carboxylic acids is 1. The highest BCUT2D eigenvalue weighted by molar-refractivity contribution is 9.11. The lowest BCUT2D eigenvalue weighted by Crippen LogP contribution is -2.13. The number of amides is 1. The smallest absolute Gasteiger partial charge is 0.259 e. The van der Waals surface area contributed by atoms with Crippen LogP contribution < -0.4 is 10.1 Å². The molecule has 0 aliphatic rings. The van der Waals surface area contributed by atoms with Crippen LogP contribution in [0.5, 0.6) is 5.75 Å². The molecular formula is C23H17Br3N2O3. The molecule has 0 fully saturated rings. The Bertz CT molecular complexity index is 1280. The molecule has 0 atom stereocenters. The first-order valence-electron chi connectivity index (χ1n) is 9.43. The van der Waals surface area contributed by atoms with Gasteiger partial charge in [0.2, 0.25) is 5.89 Å². The number of carbonyl (C=O) groups is 1. The molecule has 0 saturated carbocycles. The van der Waals surface area contributed by atoms with Gasteiger partial charge in [0, 0.05) is 15.7 Å². The van der Waals surface area contributed by atoms with Gasteiger partial charge in [-0.1, -0.05) is 22.9 Å². The predicted octanol–water partition coefficient (Wildman–Crippen LogP) is 7.61. The maximum atomic E-state index is 12.8. The maximum absolute atomic E-state index is 12.8. The van der Waals surface area contributed by atoms with E-state index < -0.39 is 0 Å². The van der Waals surface area contributed by atoms with Crippen molar-refractivity contribution in [3.63, 3.8) is 0 Å². The molecule has 0 spiro atoms. The fourth-order valence-electron chi connectivity index (χ4n) is 3.21. The van der Waals surface area contributed by atoms with Crippen molar-refractivity contribution in [1.82, 2.24) is 4.98 Å². The Morgan fingerprint density at radius 3 is 2.48 bits per heavy atom. The molecule has 4 aromatic rings. The summed E-state index contributed by atoms with van der Waals surface area (Å²) in [7, 11) is 1.53. The summed E-state index contributed by atoms with van der Waals surface area (Å²) >= 11 is 10.4. The lowest BCUT2D eigenvalue weighted by Gasteiger charge is -2.12. The van der Waals surface area contributed by atoms with Crippen LogP contribution in [0.1, 0.15) is 22.8 Å². The van der Waals surface area contributed by atoms with Crippen molar-refractivity contribution in [3.8, 4) is 17.2 Å². The maximum Gasteiger partial charge on any atom is 0.259 e. The number of halogens is 3. The minimum atomic E-state index is -0.274. The second-order valence-electron chi connectivity index (χ2n) is 6.80. The summed E-state index contributed by atoms with van der Waals surface area (Å²) in [5.41, 5.74) is 4.61. The molecule has 3 aromatic carbocycles. The van der Waals surface area contributed by atoms with Gasteiger partial charge in [0.25, 0.3) is 5.91 Å². The van der Waals surface area contributed by atoms with Gasteiger partial charge in [0.15, 0.2) is 5.58 Å². The molecule has 0 saturated heterocycles. The first-order chi connectivity index (χ1) is 14.9. The molecule has 4 rings (SSSR count). The van der Waals surface area contributed by atoms with Crippen LogP contribution in [0.2, 0.25) is 0 Å². The highest BCUT2D eigenvalue weighted by Crippen LogP contribution is 2.34. The molecule has 5 nitrogen and oxygen atoms in total. The van der Waals surface area contributed by atoms with Crippen molar-refractivity contribution < 1.29 is 13.9 Å². The number of fused-ring (bicyclic) bond motifs is 1. The van der Waals surface area contributed by atoms with E-state index in [1.165, 1.54) is 12.7 Å². The van der Waals surface area contributed by atoms with Crippen molar-refractivity contribution in [2.24, 2.45) is 0 Å². The van der Waals surface area contributed by atoms with Crippen molar-refractivity contribution >= 4 is 70.5 Å². The number of aromatic nitrogens is 1. The average Bonchev–Trinajstić information content (AvgIpc) is 3.18. The van der Waals surface area contributed by atoms with Crippen LogP contribution in [0.4, 0.5) is 5.69 Å². The van der Waals surface area contributed by atoms with Crippen LogP contribution >= 0.6 is 47.8 Å². The summed E-state index contributed by atoms with van der Waals surface area (Å²) in [6, 6.07) is 15.0. The molecule has 1 heterocycles. The molecule has 8 heteroatoms. The van der Waals surface area contributed by atoms with Gasteiger partial charge in [-0.2, -0.15) is 0 Å². The molecule has 1 N–H and O–H groups in total. The Kier molecular flexibility index (Phi) is 6.50. The second kappa shape index (κ2) is 9.14. The minimum absolute atomic E-state index is 0.274. The third kappa shape index (κ3) is 4.56. The number of methoxy groups -OCH3 is 1. The molecule has 0 bridgehead atoms. The van der Waals surface area contributed by atoms with Crippen molar-refractivity contribution in [2.75, 3.05) is 12.4 Å². The number of oxazole rings is 1. The van der Waals surface area contributed by atoms with E-state index in [9.17, 15) is 4.79 Å². The Morgan fingerprint density at radius 1 is 1.06 bits per heavy atom. The fraction of sp³-hybridized carbons (Fsp3) is 0.130. The van der Waals surface area contributed by atoms with Gasteiger partial charge in [-0.3, -0.25) is 4.79 Å². The minimum Gasteiger partial charge on any atom is -0.495 e. The summed E-state index contributed by atoms with van der Waals surface area (Å²) in [5.74, 6) is 0.727. The number of hydrogen-bond donors (Lipinski definition) is 1. The molecule has 0 aliphatic carbocycles. The van der Waals surface area contributed by atoms with E-state index in [-0.39, 0.29) is 5.91 Å². The third-order valence-corrected chi connectivity index (χ3v) is 6.40. The fourth-order valence-corrected chi connectivity index (χ4v) is 5.17. The molecule has 0 aliphatic heterocycles. The SMILES string of the molecule is CCc1cc(Br)c2oc(-c3ccc(NC(=O)c4cc(Br)cc(Br)c4OC)cc3)nc2c1. The number of aryl methyl sites for hydroxylation is 1. The Hall–Kier alpha value is -2.16. The van der Waals surface area contributed by atoms with Crippen molar-refractivity contribution in [3.05, 3.63) is 73.1 Å². The highest BCUT2D eigenvalue weighted by atomic mass is 79.9. The van der Waals surface area contributed by atoms with E-state index in [0.717, 1.165) is 32.0 Å². The van der Waals surface area contributed by atoms with Gasteiger partial charge in [-0.25, -0.2) is 4.98 Å². The lowest BCUT2D eigenvalue weighted by atomic mass is 10.1. The largest absolute Gasteiger partial charge is 0.495 e. The van der Waals surface area contributed by atoms with E-state index in [2.05, 4.69) is 65.0 Å². The average molecular weight is 609 g/mol. The molecule has 31 heavy (non-hydrogen) atoms. The van der Waals surface area contributed by atoms with Crippen LogP contribution in [0.3, 0.4) is 0 Å². The van der Waals surface area contributed by atoms with E-state index in [4.69, 9.17) is 9.15 Å². The topological polar surface area (TPSA) is 64.4 Å². The monoisotopic (exact) mass is 606 g/mol. The number of rotatable bonds is 5. The molecular weight excluding hydrogens is 592 g/mol. The summed E-state index contributed by atoms with van der Waals surface area (Å²) in [5, 5.41) is 2.90. The Labute approximate surface area is 204 Å². The summed E-state index contributed by atoms with van der Waals surface area (Å²) < 4.78 is 13.7. The van der Waals surface area contributed by atoms with Gasteiger partial charge in [-0.15, -0.1) is 0 Å². The van der Waals surface area contributed by atoms with Gasteiger partial charge in [-0.05, 0) is 92.4 Å². The molecule has 1 aromatic heterocycles. The molecule has 0 unspecified atom stereocenters. The van der Waals surface area contributed by atoms with E-state index in [1.54, 1.807) is 6.07 Å². The van der Waals surface area contributed by atoms with E-state index >= 15 is 0 Å². The first kappa shape index (κ1) is 22.0. The summed E-state index contributed by atoms with van der Waals surface area (Å²) in [4.78, 5) is 17.4. The van der Waals surface area contributed by atoms with Crippen LogP contribution in [-0.4, -0.2) is 18.0 Å². The standard InChI is InChI=1S/C23H17Br3N2O3/c1-3-12-8-17(25)21-19(9-12)28-23(31-21)13-4-6-15(7-5-13)27-22(29)16-10-14(24)11-18(26)20(16)30-2/h4-11H,3H2,1-2H3,(H,27,29). The van der Waals surface area contributed by atoms with Crippen LogP contribution in [0, 0.1) is 0 Å². The summed E-state index contributed by atoms with van der Waals surface area (Å²) in [6.45, 7) is 2.10. The number of nitrogens with zero attached hydrogens (tertiary/aromatic N) is 1. The van der Waals surface area contributed by atoms with Gasteiger partial charge >= 0.3 is 0 Å². The second-order valence-corrected chi connectivity index (χ2v) is 9.42. The van der Waals surface area contributed by atoms with Crippen molar-refractivity contribution in [2.45, 2.75) is 13.3 Å². The zero-order chi connectivity index (χ0) is 22.1. The lowest BCUT2D eigenvalue weighted by molar-refractivity contribution is 0.102. The van der Waals surface area contributed by atoms with Gasteiger partial charge < -0.3 is 14.5 Å². The summed E-state index contributed by atoms with van der Waals surface area (Å²) in [6.07, 6.45) is 0.921. The van der Waals surface area contributed by atoms with Gasteiger partial charge in [0.1, 0.15) is 11.3 Å². The zero-order valence-corrected chi connectivity index (χ0v) is 21.4. The van der Waals surface area contributed by atoms with Gasteiger partial charge in [0.05, 0.1) is 21.6 Å². The van der Waals surface area contributed by atoms with E-state index in [1.807, 2.05) is 42.5 Å². The quantitative estimate of drug-likeness (QED) is 0.253. The van der Waals surface area contributed by atoms with Crippen LogP contribution in [0.25, 0.3) is 22.6 Å². The van der Waals surface area contributed by atoms with Crippen LogP contribution in [-0.2, 0) is 6.42 Å². The predicted molar refractivity (Wildman–Crippen MR) is 133 cm³/mol. The van der Waals surface area contributed by atoms with E-state index in [0.29, 0.717) is 27.4 Å². The third-order valence-electron chi connectivity index (χ3n) is 4.76.